The van der Waals surface area contributed by atoms with Gasteiger partial charge in [-0.2, -0.15) is 0 Å². The summed E-state index contributed by atoms with van der Waals surface area (Å²) in [6.07, 6.45) is 6.52. The van der Waals surface area contributed by atoms with Crippen LogP contribution in [0.15, 0.2) is 48.7 Å². The van der Waals surface area contributed by atoms with E-state index in [9.17, 15) is 24.0 Å². The third-order valence-corrected chi connectivity index (χ3v) is 8.41. The van der Waals surface area contributed by atoms with E-state index in [-0.39, 0.29) is 18.4 Å². The van der Waals surface area contributed by atoms with Gasteiger partial charge in [-0.05, 0) is 43.4 Å². The number of anilines is 1. The number of morpholine rings is 1. The number of carbonyl (C=O) groups is 5. The van der Waals surface area contributed by atoms with Crippen molar-refractivity contribution in [1.29, 1.82) is 0 Å². The minimum absolute atomic E-state index is 0.0400. The molecule has 12 nitrogen and oxygen atoms in total. The number of aromatic nitrogens is 1. The number of Topliss-reactive ketones (excluding diaryl/α,β-unsaturated/α-hetero) is 1. The maximum atomic E-state index is 13.6. The second kappa shape index (κ2) is 16.8. The van der Waals surface area contributed by atoms with Crippen LogP contribution in [-0.2, 0) is 30.3 Å². The van der Waals surface area contributed by atoms with Crippen molar-refractivity contribution >= 4 is 35.2 Å². The molecule has 2 heterocycles. The molecule has 46 heavy (non-hydrogen) atoms. The first kappa shape index (κ1) is 34.6. The second-order valence-electron chi connectivity index (χ2n) is 12.4. The number of nitrogens with one attached hydrogen (secondary N) is 4. The molecule has 0 unspecified atom stereocenters. The minimum Gasteiger partial charge on any atom is -0.378 e. The van der Waals surface area contributed by atoms with Gasteiger partial charge in [0, 0.05) is 37.3 Å². The predicted molar refractivity (Wildman–Crippen MR) is 173 cm³/mol. The van der Waals surface area contributed by atoms with Crippen LogP contribution in [0.5, 0.6) is 0 Å². The molecule has 2 aliphatic rings. The maximum absolute atomic E-state index is 13.6. The van der Waals surface area contributed by atoms with Crippen molar-refractivity contribution < 1.29 is 28.7 Å². The highest BCUT2D eigenvalue weighted by Gasteiger charge is 2.33. The summed E-state index contributed by atoms with van der Waals surface area (Å²) in [7, 11) is 0. The van der Waals surface area contributed by atoms with Crippen molar-refractivity contribution in [3.63, 3.8) is 0 Å². The van der Waals surface area contributed by atoms with E-state index >= 15 is 0 Å². The van der Waals surface area contributed by atoms with E-state index in [1.165, 1.54) is 6.92 Å². The number of carbonyl (C=O) groups excluding carboxylic acids is 5. The molecule has 1 aromatic carbocycles. The van der Waals surface area contributed by atoms with Gasteiger partial charge in [-0.15, -0.1) is 0 Å². The zero-order valence-electron chi connectivity index (χ0n) is 26.9. The van der Waals surface area contributed by atoms with Crippen molar-refractivity contribution in [2.24, 2.45) is 5.92 Å². The lowest BCUT2D eigenvalue weighted by atomic mass is 9.94. The van der Waals surface area contributed by atoms with Crippen molar-refractivity contribution in [2.75, 3.05) is 31.2 Å². The number of pyridine rings is 1. The second-order valence-corrected chi connectivity index (χ2v) is 12.4. The highest BCUT2D eigenvalue weighted by Crippen LogP contribution is 2.18. The average Bonchev–Trinajstić information content (AvgIpc) is 3.07. The number of hydrogen-bond donors (Lipinski definition) is 4. The average molecular weight is 635 g/mol. The smallest absolute Gasteiger partial charge is 0.289 e. The minimum atomic E-state index is -1.05. The predicted octanol–water partition coefficient (Wildman–Crippen LogP) is 1.92. The molecule has 0 bridgehead atoms. The third-order valence-electron chi connectivity index (χ3n) is 8.41. The van der Waals surface area contributed by atoms with Crippen LogP contribution < -0.4 is 26.2 Å². The van der Waals surface area contributed by atoms with Crippen molar-refractivity contribution in [3.05, 3.63) is 59.8 Å². The Morgan fingerprint density at radius 1 is 0.891 bits per heavy atom. The first-order valence-electron chi connectivity index (χ1n) is 16.2. The van der Waals surface area contributed by atoms with Crippen molar-refractivity contribution in [1.82, 2.24) is 26.3 Å². The highest BCUT2D eigenvalue weighted by atomic mass is 16.5. The van der Waals surface area contributed by atoms with Crippen LogP contribution in [0.1, 0.15) is 68.8 Å². The molecule has 1 aliphatic carbocycles. The summed E-state index contributed by atoms with van der Waals surface area (Å²) in [5.74, 6) is -2.77. The fraction of sp³-hybridized carbons (Fsp3) is 0.529. The van der Waals surface area contributed by atoms with Gasteiger partial charge in [0.1, 0.15) is 17.9 Å². The Labute approximate surface area is 270 Å². The summed E-state index contributed by atoms with van der Waals surface area (Å²) >= 11 is 0. The van der Waals surface area contributed by atoms with Crippen LogP contribution in [-0.4, -0.2) is 84.9 Å². The Balaban J connectivity index is 1.41. The number of rotatable bonds is 13. The standard InChI is InChI=1S/C34H46N6O6/c1-22(2)29(30(41)34(45)37-26-12-8-5-9-13-26)39-31(42)23(3)36-33(44)27(20-24-10-6-4-7-11-24)38-32(43)25-14-15-35-28(21-25)40-16-18-46-19-17-40/h4,6-7,10-11,14-15,21-23,26-27,29H,5,8-9,12-13,16-20H2,1-3H3,(H,36,44)(H,37,45)(H,38,43)(H,39,42)/t23-,27-,29-/m0/s1. The largest absolute Gasteiger partial charge is 0.378 e. The summed E-state index contributed by atoms with van der Waals surface area (Å²) in [6, 6.07) is 9.36. The van der Waals surface area contributed by atoms with Crippen molar-refractivity contribution in [2.45, 2.75) is 83.5 Å². The molecular weight excluding hydrogens is 588 g/mol. The highest BCUT2D eigenvalue weighted by molar-refractivity contribution is 6.38. The fourth-order valence-electron chi connectivity index (χ4n) is 5.66. The van der Waals surface area contributed by atoms with E-state index in [1.807, 2.05) is 35.2 Å². The molecule has 1 saturated carbocycles. The van der Waals surface area contributed by atoms with E-state index in [0.29, 0.717) is 37.7 Å². The Morgan fingerprint density at radius 2 is 1.59 bits per heavy atom. The third kappa shape index (κ3) is 9.84. The molecule has 4 N–H and O–H groups in total. The van der Waals surface area contributed by atoms with Gasteiger partial charge in [-0.1, -0.05) is 63.4 Å². The Kier molecular flexibility index (Phi) is 12.6. The number of ketones is 1. The van der Waals surface area contributed by atoms with Crippen LogP contribution in [0, 0.1) is 5.92 Å². The molecular formula is C34H46N6O6. The Hall–Kier alpha value is -4.32. The van der Waals surface area contributed by atoms with E-state index in [4.69, 9.17) is 4.74 Å². The van der Waals surface area contributed by atoms with Crippen LogP contribution in [0.4, 0.5) is 5.82 Å². The molecule has 2 fully saturated rings. The fourth-order valence-corrected chi connectivity index (χ4v) is 5.66. The molecule has 1 saturated heterocycles. The van der Waals surface area contributed by atoms with Crippen LogP contribution in [0.25, 0.3) is 0 Å². The summed E-state index contributed by atoms with van der Waals surface area (Å²) in [6.45, 7) is 7.45. The molecule has 3 atom stereocenters. The zero-order chi connectivity index (χ0) is 33.1. The summed E-state index contributed by atoms with van der Waals surface area (Å²) in [5, 5.41) is 11.0. The SMILES string of the molecule is CC(C)[C@H](NC(=O)[C@H](C)NC(=O)[C@H](Cc1ccccc1)NC(=O)c1ccnc(N2CCOCC2)c1)C(=O)C(=O)NC1CCCCC1. The Bertz CT molecular complexity index is 1360. The summed E-state index contributed by atoms with van der Waals surface area (Å²) < 4.78 is 5.41. The van der Waals surface area contributed by atoms with Gasteiger partial charge in [0.05, 0.1) is 19.3 Å². The molecule has 4 amide bonds. The lowest BCUT2D eigenvalue weighted by Crippen LogP contribution is -2.57. The van der Waals surface area contributed by atoms with E-state index < -0.39 is 47.5 Å². The molecule has 12 heteroatoms. The lowest BCUT2D eigenvalue weighted by Gasteiger charge is -2.28. The van der Waals surface area contributed by atoms with Crippen LogP contribution in [0.3, 0.4) is 0 Å². The van der Waals surface area contributed by atoms with E-state index in [1.54, 1.807) is 32.2 Å². The van der Waals surface area contributed by atoms with Crippen LogP contribution >= 0.6 is 0 Å². The van der Waals surface area contributed by atoms with Gasteiger partial charge in [0.25, 0.3) is 11.8 Å². The molecule has 1 aromatic heterocycles. The maximum Gasteiger partial charge on any atom is 0.289 e. The molecule has 0 spiro atoms. The van der Waals surface area contributed by atoms with Gasteiger partial charge < -0.3 is 30.9 Å². The number of amides is 4. The molecule has 4 rings (SSSR count). The topological polar surface area (TPSA) is 159 Å². The van der Waals surface area contributed by atoms with Crippen LogP contribution in [0.2, 0.25) is 0 Å². The number of hydrogen-bond acceptors (Lipinski definition) is 8. The van der Waals surface area contributed by atoms with Crippen molar-refractivity contribution in [3.8, 4) is 0 Å². The summed E-state index contributed by atoms with van der Waals surface area (Å²) in [5.41, 5.74) is 1.16. The van der Waals surface area contributed by atoms with Gasteiger partial charge in [0.2, 0.25) is 17.6 Å². The van der Waals surface area contributed by atoms with Gasteiger partial charge in [0.15, 0.2) is 0 Å². The van der Waals surface area contributed by atoms with Gasteiger partial charge in [-0.3, -0.25) is 24.0 Å². The first-order valence-corrected chi connectivity index (χ1v) is 16.2. The first-order chi connectivity index (χ1) is 22.1. The number of benzene rings is 1. The molecule has 2 aromatic rings. The van der Waals surface area contributed by atoms with E-state index in [2.05, 4.69) is 26.3 Å². The summed E-state index contributed by atoms with van der Waals surface area (Å²) in [4.78, 5) is 72.4. The quantitative estimate of drug-likeness (QED) is 0.243. The number of ether oxygens (including phenoxy) is 1. The zero-order valence-corrected chi connectivity index (χ0v) is 26.9. The normalized spacial score (nSPS) is 17.3. The molecule has 1 aliphatic heterocycles. The number of nitrogens with zero attached hydrogens (tertiary/aromatic N) is 2. The molecule has 248 valence electrons. The molecule has 0 radical (unpaired) electrons. The Morgan fingerprint density at radius 3 is 2.26 bits per heavy atom. The van der Waals surface area contributed by atoms with Gasteiger partial charge in [-0.25, -0.2) is 4.98 Å². The van der Waals surface area contributed by atoms with E-state index in [0.717, 1.165) is 37.7 Å². The van der Waals surface area contributed by atoms with Gasteiger partial charge >= 0.3 is 0 Å². The lowest BCUT2D eigenvalue weighted by molar-refractivity contribution is -0.141. The monoisotopic (exact) mass is 634 g/mol.